The number of unbranched alkanes of at least 4 members (excludes halogenated alkanes) is 3. The minimum atomic E-state index is 0. The van der Waals surface area contributed by atoms with E-state index < -0.39 is 0 Å². The maximum Gasteiger partial charge on any atom is 0.224 e. The molecule has 0 aliphatic carbocycles. The van der Waals surface area contributed by atoms with Gasteiger partial charge in [0.2, 0.25) is 5.91 Å². The van der Waals surface area contributed by atoms with Crippen LogP contribution < -0.4 is 16.0 Å². The Morgan fingerprint density at radius 1 is 1.00 bits per heavy atom. The molecule has 158 valence electrons. The van der Waals surface area contributed by atoms with Crippen molar-refractivity contribution in [1.29, 1.82) is 0 Å². The summed E-state index contributed by atoms with van der Waals surface area (Å²) in [6.45, 7) is 8.25. The first-order valence-corrected chi connectivity index (χ1v) is 9.31. The summed E-state index contributed by atoms with van der Waals surface area (Å²) >= 11 is 0. The first kappa shape index (κ1) is 28.5. The Morgan fingerprint density at radius 2 is 1.63 bits per heavy atom. The van der Waals surface area contributed by atoms with Gasteiger partial charge in [-0.25, -0.2) is 0 Å². The third-order valence-corrected chi connectivity index (χ3v) is 4.70. The lowest BCUT2D eigenvalue weighted by atomic mass is 10.1. The van der Waals surface area contributed by atoms with E-state index >= 15 is 0 Å². The summed E-state index contributed by atoms with van der Waals surface area (Å²) in [5.74, 6) is 0.113. The van der Waals surface area contributed by atoms with E-state index in [-0.39, 0.29) is 43.1 Å². The lowest BCUT2D eigenvalue weighted by molar-refractivity contribution is -0.116. The second kappa shape index (κ2) is 16.3. The number of nitrogens with one attached hydrogen (secondary N) is 1. The van der Waals surface area contributed by atoms with Gasteiger partial charge in [0.25, 0.3) is 0 Å². The zero-order valence-corrected chi connectivity index (χ0v) is 18.6. The van der Waals surface area contributed by atoms with Crippen LogP contribution in [0.3, 0.4) is 0 Å². The molecule has 1 aromatic carbocycles. The molecular weight excluding hydrogens is 407 g/mol. The molecule has 0 bridgehead atoms. The lowest BCUT2D eigenvalue weighted by Gasteiger charge is -2.36. The average Bonchev–Trinajstić information content (AvgIpc) is 2.62. The summed E-state index contributed by atoms with van der Waals surface area (Å²) in [6.07, 6.45) is 4.76. The molecule has 1 fully saturated rings. The molecule has 0 atom stereocenters. The SMILES string of the molecule is CCN1CCN(c2ccccc2NC(=O)CCCCCCN)CC1.Cl.Cl.Cl. The van der Waals surface area contributed by atoms with E-state index in [1.54, 1.807) is 0 Å². The number of carbonyl (C=O) groups is 1. The molecule has 0 radical (unpaired) electrons. The molecule has 0 aromatic heterocycles. The van der Waals surface area contributed by atoms with Gasteiger partial charge in [-0.3, -0.25) is 4.79 Å². The van der Waals surface area contributed by atoms with Gasteiger partial charge in [-0.2, -0.15) is 0 Å². The zero-order valence-electron chi connectivity index (χ0n) is 16.2. The molecule has 1 aliphatic rings. The van der Waals surface area contributed by atoms with Crippen LogP contribution in [-0.2, 0) is 4.79 Å². The minimum Gasteiger partial charge on any atom is -0.367 e. The molecule has 2 rings (SSSR count). The highest BCUT2D eigenvalue weighted by molar-refractivity contribution is 5.94. The number of hydrogen-bond donors (Lipinski definition) is 2. The number of nitrogens with zero attached hydrogens (tertiary/aromatic N) is 2. The highest BCUT2D eigenvalue weighted by Gasteiger charge is 2.18. The van der Waals surface area contributed by atoms with Gasteiger partial charge in [0.05, 0.1) is 11.4 Å². The van der Waals surface area contributed by atoms with Crippen molar-refractivity contribution in [3.63, 3.8) is 0 Å². The molecule has 1 aliphatic heterocycles. The first-order chi connectivity index (χ1) is 11.7. The lowest BCUT2D eigenvalue weighted by Crippen LogP contribution is -2.46. The third kappa shape index (κ3) is 9.86. The van der Waals surface area contributed by atoms with Crippen LogP contribution in [0.4, 0.5) is 11.4 Å². The summed E-state index contributed by atoms with van der Waals surface area (Å²) in [7, 11) is 0. The van der Waals surface area contributed by atoms with E-state index in [2.05, 4.69) is 28.1 Å². The summed E-state index contributed by atoms with van der Waals surface area (Å²) in [5, 5.41) is 3.11. The average molecular weight is 442 g/mol. The molecule has 3 N–H and O–H groups in total. The Hall–Kier alpha value is -0.720. The predicted octanol–water partition coefficient (Wildman–Crippen LogP) is 3.94. The van der Waals surface area contributed by atoms with Gasteiger partial charge >= 0.3 is 0 Å². The molecular formula is C19H35Cl3N4O. The second-order valence-electron chi connectivity index (χ2n) is 6.44. The standard InChI is InChI=1S/C19H32N4O.3ClH/c1-2-22-13-15-23(16-14-22)18-10-7-6-9-17(18)21-19(24)11-5-3-4-8-12-20;;;/h6-7,9-10H,2-5,8,11-16,20H2,1H3,(H,21,24);3*1H. The fourth-order valence-electron chi connectivity index (χ4n) is 3.16. The number of amides is 1. The molecule has 1 aromatic rings. The van der Waals surface area contributed by atoms with Gasteiger partial charge in [-0.05, 0) is 38.1 Å². The molecule has 27 heavy (non-hydrogen) atoms. The number of likely N-dealkylation sites (N-methyl/N-ethyl adjacent to an activating group) is 1. The number of piperazine rings is 1. The Bertz CT molecular complexity index is 511. The van der Waals surface area contributed by atoms with Crippen molar-refractivity contribution in [2.75, 3.05) is 49.5 Å². The highest BCUT2D eigenvalue weighted by Crippen LogP contribution is 2.26. The van der Waals surface area contributed by atoms with Crippen LogP contribution in [0.1, 0.15) is 39.0 Å². The molecule has 8 heteroatoms. The monoisotopic (exact) mass is 440 g/mol. The highest BCUT2D eigenvalue weighted by atomic mass is 35.5. The fourth-order valence-corrected chi connectivity index (χ4v) is 3.16. The van der Waals surface area contributed by atoms with E-state index in [0.717, 1.165) is 76.3 Å². The van der Waals surface area contributed by atoms with Crippen LogP contribution >= 0.6 is 37.2 Å². The number of halogens is 3. The van der Waals surface area contributed by atoms with Gasteiger partial charge in [0.15, 0.2) is 0 Å². The van der Waals surface area contributed by atoms with Crippen LogP contribution in [0.5, 0.6) is 0 Å². The van der Waals surface area contributed by atoms with Gasteiger partial charge in [-0.15, -0.1) is 37.2 Å². The number of hydrogen-bond acceptors (Lipinski definition) is 4. The van der Waals surface area contributed by atoms with Crippen molar-refractivity contribution in [2.45, 2.75) is 39.0 Å². The van der Waals surface area contributed by atoms with E-state index in [4.69, 9.17) is 5.73 Å². The summed E-state index contributed by atoms with van der Waals surface area (Å²) < 4.78 is 0. The molecule has 0 spiro atoms. The van der Waals surface area contributed by atoms with E-state index in [1.165, 1.54) is 0 Å². The van der Waals surface area contributed by atoms with Crippen molar-refractivity contribution in [3.8, 4) is 0 Å². The number of para-hydroxylation sites is 2. The van der Waals surface area contributed by atoms with E-state index in [9.17, 15) is 4.79 Å². The minimum absolute atomic E-state index is 0. The third-order valence-electron chi connectivity index (χ3n) is 4.70. The topological polar surface area (TPSA) is 61.6 Å². The first-order valence-electron chi connectivity index (χ1n) is 9.31. The van der Waals surface area contributed by atoms with E-state index in [1.807, 2.05) is 18.2 Å². The van der Waals surface area contributed by atoms with Gasteiger partial charge < -0.3 is 20.9 Å². The number of anilines is 2. The normalized spacial score (nSPS) is 13.8. The quantitative estimate of drug-likeness (QED) is 0.570. The molecule has 1 saturated heterocycles. The van der Waals surface area contributed by atoms with Crippen molar-refractivity contribution >= 4 is 54.5 Å². The predicted molar refractivity (Wildman–Crippen MR) is 123 cm³/mol. The molecule has 1 amide bonds. The molecule has 5 nitrogen and oxygen atoms in total. The van der Waals surface area contributed by atoms with Gasteiger partial charge in [0.1, 0.15) is 0 Å². The van der Waals surface area contributed by atoms with E-state index in [0.29, 0.717) is 6.42 Å². The smallest absolute Gasteiger partial charge is 0.224 e. The second-order valence-corrected chi connectivity index (χ2v) is 6.44. The summed E-state index contributed by atoms with van der Waals surface area (Å²) in [6, 6.07) is 8.15. The maximum atomic E-state index is 12.2. The summed E-state index contributed by atoms with van der Waals surface area (Å²) in [5.41, 5.74) is 7.57. The van der Waals surface area contributed by atoms with Crippen molar-refractivity contribution in [2.24, 2.45) is 5.73 Å². The van der Waals surface area contributed by atoms with Gasteiger partial charge in [0, 0.05) is 32.6 Å². The van der Waals surface area contributed by atoms with Crippen LogP contribution in [0.15, 0.2) is 24.3 Å². The number of rotatable bonds is 9. The zero-order chi connectivity index (χ0) is 17.2. The van der Waals surface area contributed by atoms with Crippen LogP contribution in [0.25, 0.3) is 0 Å². The Labute approximate surface area is 182 Å². The number of benzene rings is 1. The van der Waals surface area contributed by atoms with Crippen molar-refractivity contribution < 1.29 is 4.79 Å². The van der Waals surface area contributed by atoms with Crippen molar-refractivity contribution in [3.05, 3.63) is 24.3 Å². The van der Waals surface area contributed by atoms with Crippen LogP contribution in [0.2, 0.25) is 0 Å². The summed E-state index contributed by atoms with van der Waals surface area (Å²) in [4.78, 5) is 17.1. The molecule has 1 heterocycles. The Balaban J connectivity index is 0. The van der Waals surface area contributed by atoms with Crippen LogP contribution in [-0.4, -0.2) is 50.1 Å². The van der Waals surface area contributed by atoms with Crippen LogP contribution in [0, 0.1) is 0 Å². The largest absolute Gasteiger partial charge is 0.367 e. The van der Waals surface area contributed by atoms with Crippen molar-refractivity contribution in [1.82, 2.24) is 4.90 Å². The number of carbonyl (C=O) groups excluding carboxylic acids is 1. The van der Waals surface area contributed by atoms with Gasteiger partial charge in [-0.1, -0.05) is 31.9 Å². The molecule has 0 saturated carbocycles. The maximum absolute atomic E-state index is 12.2. The fraction of sp³-hybridized carbons (Fsp3) is 0.632. The Kier molecular flexibility index (Phi) is 17.2. The Morgan fingerprint density at radius 3 is 2.26 bits per heavy atom. The molecule has 0 unspecified atom stereocenters. The number of nitrogens with two attached hydrogens (primary N) is 1.